The SMILES string of the molecule is CCOC(=O)c1nc(Cl)nc2ccc(C)cc12. The molecule has 0 saturated carbocycles. The molecule has 0 atom stereocenters. The Hall–Kier alpha value is -1.68. The number of hydrogen-bond acceptors (Lipinski definition) is 4. The highest BCUT2D eigenvalue weighted by molar-refractivity contribution is 6.29. The van der Waals surface area contributed by atoms with Gasteiger partial charge in [0.25, 0.3) is 0 Å². The second kappa shape index (κ2) is 4.67. The third-order valence-electron chi connectivity index (χ3n) is 2.29. The van der Waals surface area contributed by atoms with E-state index in [1.165, 1.54) is 0 Å². The summed E-state index contributed by atoms with van der Waals surface area (Å²) in [5.74, 6) is -0.479. The summed E-state index contributed by atoms with van der Waals surface area (Å²) in [6.45, 7) is 3.98. The van der Waals surface area contributed by atoms with Gasteiger partial charge in [-0.05, 0) is 37.6 Å². The van der Waals surface area contributed by atoms with E-state index in [2.05, 4.69) is 9.97 Å². The summed E-state index contributed by atoms with van der Waals surface area (Å²) >= 11 is 5.78. The molecule has 1 heterocycles. The Labute approximate surface area is 104 Å². The van der Waals surface area contributed by atoms with Crippen LogP contribution in [0.15, 0.2) is 18.2 Å². The molecule has 0 saturated heterocycles. The highest BCUT2D eigenvalue weighted by Crippen LogP contribution is 2.20. The maximum Gasteiger partial charge on any atom is 0.357 e. The largest absolute Gasteiger partial charge is 0.461 e. The maximum absolute atomic E-state index is 11.8. The van der Waals surface area contributed by atoms with Gasteiger partial charge in [0, 0.05) is 5.39 Å². The summed E-state index contributed by atoms with van der Waals surface area (Å²) in [6.07, 6.45) is 0. The topological polar surface area (TPSA) is 52.1 Å². The average Bonchev–Trinajstić information content (AvgIpc) is 2.29. The molecule has 2 rings (SSSR count). The normalized spacial score (nSPS) is 10.5. The van der Waals surface area contributed by atoms with Gasteiger partial charge in [0.2, 0.25) is 5.28 Å². The molecule has 0 bridgehead atoms. The van der Waals surface area contributed by atoms with Crippen LogP contribution in [0.1, 0.15) is 23.0 Å². The summed E-state index contributed by atoms with van der Waals surface area (Å²) in [6, 6.07) is 5.56. The molecule has 1 aromatic heterocycles. The van der Waals surface area contributed by atoms with Gasteiger partial charge in [0.1, 0.15) is 0 Å². The van der Waals surface area contributed by atoms with Crippen molar-refractivity contribution < 1.29 is 9.53 Å². The first-order valence-corrected chi connectivity index (χ1v) is 5.60. The van der Waals surface area contributed by atoms with Crippen molar-refractivity contribution in [2.75, 3.05) is 6.61 Å². The lowest BCUT2D eigenvalue weighted by atomic mass is 10.1. The van der Waals surface area contributed by atoms with Crippen LogP contribution in [0.5, 0.6) is 0 Å². The van der Waals surface area contributed by atoms with E-state index in [1.54, 1.807) is 13.0 Å². The Morgan fingerprint density at radius 2 is 2.18 bits per heavy atom. The van der Waals surface area contributed by atoms with Gasteiger partial charge in [-0.2, -0.15) is 0 Å². The van der Waals surface area contributed by atoms with Gasteiger partial charge >= 0.3 is 5.97 Å². The number of carbonyl (C=O) groups is 1. The number of ether oxygens (including phenoxy) is 1. The third kappa shape index (κ3) is 2.36. The quantitative estimate of drug-likeness (QED) is 0.608. The van der Waals surface area contributed by atoms with Crippen LogP contribution in [-0.4, -0.2) is 22.5 Å². The molecule has 5 heteroatoms. The minimum Gasteiger partial charge on any atom is -0.461 e. The van der Waals surface area contributed by atoms with Crippen molar-refractivity contribution >= 4 is 28.5 Å². The van der Waals surface area contributed by atoms with Crippen molar-refractivity contribution in [1.29, 1.82) is 0 Å². The smallest absolute Gasteiger partial charge is 0.357 e. The summed E-state index contributed by atoms with van der Waals surface area (Å²) in [5, 5.41) is 0.706. The van der Waals surface area contributed by atoms with Crippen molar-refractivity contribution in [3.63, 3.8) is 0 Å². The molecule has 4 nitrogen and oxygen atoms in total. The first-order valence-electron chi connectivity index (χ1n) is 5.23. The lowest BCUT2D eigenvalue weighted by Crippen LogP contribution is -2.09. The molecule has 0 N–H and O–H groups in total. The molecular weight excluding hydrogens is 240 g/mol. The predicted molar refractivity (Wildman–Crippen MR) is 65.2 cm³/mol. The predicted octanol–water partition coefficient (Wildman–Crippen LogP) is 2.77. The van der Waals surface area contributed by atoms with Crippen LogP contribution >= 0.6 is 11.6 Å². The number of carbonyl (C=O) groups excluding carboxylic acids is 1. The Morgan fingerprint density at radius 1 is 1.41 bits per heavy atom. The van der Waals surface area contributed by atoms with E-state index in [4.69, 9.17) is 16.3 Å². The van der Waals surface area contributed by atoms with Crippen LogP contribution in [0, 0.1) is 6.92 Å². The molecule has 0 amide bonds. The minimum absolute atomic E-state index is 0.0457. The zero-order valence-corrected chi connectivity index (χ0v) is 10.3. The number of benzene rings is 1. The monoisotopic (exact) mass is 250 g/mol. The molecule has 1 aromatic carbocycles. The Morgan fingerprint density at radius 3 is 2.88 bits per heavy atom. The summed E-state index contributed by atoms with van der Waals surface area (Å²) in [5.41, 5.74) is 1.87. The molecular formula is C12H11ClN2O2. The molecule has 0 aliphatic rings. The Kier molecular flexibility index (Phi) is 3.24. The van der Waals surface area contributed by atoms with E-state index < -0.39 is 5.97 Å². The van der Waals surface area contributed by atoms with Crippen LogP contribution in [0.3, 0.4) is 0 Å². The number of rotatable bonds is 2. The molecule has 2 aromatic rings. The summed E-state index contributed by atoms with van der Waals surface area (Å²) in [7, 11) is 0. The van der Waals surface area contributed by atoms with Gasteiger partial charge in [0.15, 0.2) is 5.69 Å². The maximum atomic E-state index is 11.8. The van der Waals surface area contributed by atoms with Gasteiger partial charge < -0.3 is 4.74 Å². The fraction of sp³-hybridized carbons (Fsp3) is 0.250. The van der Waals surface area contributed by atoms with E-state index in [0.29, 0.717) is 17.5 Å². The number of nitrogens with zero attached hydrogens (tertiary/aromatic N) is 2. The van der Waals surface area contributed by atoms with Crippen LogP contribution in [0.25, 0.3) is 10.9 Å². The van der Waals surface area contributed by atoms with Gasteiger partial charge in [-0.15, -0.1) is 0 Å². The van der Waals surface area contributed by atoms with Crippen LogP contribution < -0.4 is 0 Å². The number of hydrogen-bond donors (Lipinski definition) is 0. The standard InChI is InChI=1S/C12H11ClN2O2/c1-3-17-11(16)10-8-6-7(2)4-5-9(8)14-12(13)15-10/h4-6H,3H2,1-2H3. The number of halogens is 1. The fourth-order valence-corrected chi connectivity index (χ4v) is 1.74. The summed E-state index contributed by atoms with van der Waals surface area (Å²) in [4.78, 5) is 19.8. The van der Waals surface area contributed by atoms with Crippen molar-refractivity contribution in [1.82, 2.24) is 9.97 Å². The highest BCUT2D eigenvalue weighted by atomic mass is 35.5. The molecule has 0 aliphatic heterocycles. The first kappa shape index (κ1) is 11.8. The number of aryl methyl sites for hydroxylation is 1. The van der Waals surface area contributed by atoms with Gasteiger partial charge in [-0.1, -0.05) is 11.6 Å². The van der Waals surface area contributed by atoms with Gasteiger partial charge in [-0.3, -0.25) is 0 Å². The van der Waals surface area contributed by atoms with E-state index in [0.717, 1.165) is 5.56 Å². The molecule has 88 valence electrons. The lowest BCUT2D eigenvalue weighted by Gasteiger charge is -2.06. The third-order valence-corrected chi connectivity index (χ3v) is 2.46. The molecule has 0 radical (unpaired) electrons. The van der Waals surface area contributed by atoms with E-state index in [-0.39, 0.29) is 11.0 Å². The minimum atomic E-state index is -0.479. The molecule has 0 fully saturated rings. The van der Waals surface area contributed by atoms with Crippen LogP contribution in [0.4, 0.5) is 0 Å². The molecule has 17 heavy (non-hydrogen) atoms. The second-order valence-electron chi connectivity index (χ2n) is 3.58. The van der Waals surface area contributed by atoms with Gasteiger partial charge in [0.05, 0.1) is 12.1 Å². The van der Waals surface area contributed by atoms with Crippen LogP contribution in [-0.2, 0) is 4.74 Å². The number of esters is 1. The highest BCUT2D eigenvalue weighted by Gasteiger charge is 2.15. The average molecular weight is 251 g/mol. The lowest BCUT2D eigenvalue weighted by molar-refractivity contribution is 0.0522. The van der Waals surface area contributed by atoms with E-state index >= 15 is 0 Å². The van der Waals surface area contributed by atoms with Crippen molar-refractivity contribution in [3.05, 3.63) is 34.7 Å². The molecule has 0 aliphatic carbocycles. The van der Waals surface area contributed by atoms with Crippen molar-refractivity contribution in [3.8, 4) is 0 Å². The number of fused-ring (bicyclic) bond motifs is 1. The van der Waals surface area contributed by atoms with Crippen LogP contribution in [0.2, 0.25) is 5.28 Å². The second-order valence-corrected chi connectivity index (χ2v) is 3.92. The van der Waals surface area contributed by atoms with E-state index in [9.17, 15) is 4.79 Å². The van der Waals surface area contributed by atoms with E-state index in [1.807, 2.05) is 19.1 Å². The molecule has 0 spiro atoms. The fourth-order valence-electron chi connectivity index (χ4n) is 1.57. The Bertz CT molecular complexity index is 584. The zero-order chi connectivity index (χ0) is 12.4. The zero-order valence-electron chi connectivity index (χ0n) is 9.53. The first-order chi connectivity index (χ1) is 8.11. The van der Waals surface area contributed by atoms with Crippen molar-refractivity contribution in [2.24, 2.45) is 0 Å². The number of aromatic nitrogens is 2. The van der Waals surface area contributed by atoms with Crippen molar-refractivity contribution in [2.45, 2.75) is 13.8 Å². The van der Waals surface area contributed by atoms with Gasteiger partial charge in [-0.25, -0.2) is 14.8 Å². The summed E-state index contributed by atoms with van der Waals surface area (Å²) < 4.78 is 4.94. The molecule has 0 unspecified atom stereocenters. The Balaban J connectivity index is 2.67.